The van der Waals surface area contributed by atoms with Crippen LogP contribution in [0.2, 0.25) is 0 Å². The number of Topliss-reactive ketones (excluding diaryl/α,β-unsaturated/α-hetero) is 1. The maximum absolute atomic E-state index is 11.1. The largest absolute Gasteiger partial charge is 0.464 e. The van der Waals surface area contributed by atoms with Crippen LogP contribution in [-0.2, 0) is 4.74 Å². The molecule has 0 N–H and O–H groups in total. The molecule has 0 spiro atoms. The Bertz CT molecular complexity index is 469. The summed E-state index contributed by atoms with van der Waals surface area (Å²) in [7, 11) is 1.15. The van der Waals surface area contributed by atoms with Crippen LogP contribution < -0.4 is 0 Å². The molecule has 0 aliphatic rings. The number of pyridine rings is 1. The van der Waals surface area contributed by atoms with E-state index < -0.39 is 22.4 Å². The fourth-order valence-corrected chi connectivity index (χ4v) is 1.08. The number of hydrogen-bond acceptors (Lipinski definition) is 6. The topological polar surface area (TPSA) is 99.4 Å². The monoisotopic (exact) mass is 224 g/mol. The number of hydrogen-bond donors (Lipinski definition) is 0. The molecule has 1 aromatic rings. The second-order valence-corrected chi connectivity index (χ2v) is 2.87. The van der Waals surface area contributed by atoms with Crippen LogP contribution >= 0.6 is 0 Å². The molecule has 0 aromatic carbocycles. The fraction of sp³-hybridized carbons (Fsp3) is 0.222. The van der Waals surface area contributed by atoms with Crippen molar-refractivity contribution in [1.29, 1.82) is 0 Å². The van der Waals surface area contributed by atoms with Crippen molar-refractivity contribution in [2.75, 3.05) is 7.11 Å². The molecule has 0 saturated heterocycles. The fourth-order valence-electron chi connectivity index (χ4n) is 1.08. The summed E-state index contributed by atoms with van der Waals surface area (Å²) in [4.78, 5) is 35.7. The van der Waals surface area contributed by atoms with E-state index in [0.29, 0.717) is 0 Å². The van der Waals surface area contributed by atoms with Gasteiger partial charge >= 0.3 is 5.97 Å². The number of esters is 1. The van der Waals surface area contributed by atoms with Crippen molar-refractivity contribution in [3.8, 4) is 0 Å². The zero-order chi connectivity index (χ0) is 12.3. The van der Waals surface area contributed by atoms with Gasteiger partial charge in [0.25, 0.3) is 5.69 Å². The first-order valence-electron chi connectivity index (χ1n) is 4.22. The van der Waals surface area contributed by atoms with Crippen LogP contribution in [0.4, 0.5) is 5.69 Å². The molecular weight excluding hydrogens is 216 g/mol. The van der Waals surface area contributed by atoms with Gasteiger partial charge < -0.3 is 4.74 Å². The average Bonchev–Trinajstić information content (AvgIpc) is 2.26. The summed E-state index contributed by atoms with van der Waals surface area (Å²) < 4.78 is 4.39. The molecule has 7 heteroatoms. The number of rotatable bonds is 3. The Kier molecular flexibility index (Phi) is 3.29. The molecule has 0 radical (unpaired) electrons. The Balaban J connectivity index is 3.34. The Morgan fingerprint density at radius 2 is 2.06 bits per heavy atom. The van der Waals surface area contributed by atoms with E-state index in [1.807, 2.05) is 0 Å². The number of carbonyl (C=O) groups excluding carboxylic acids is 2. The number of ketones is 1. The van der Waals surface area contributed by atoms with Crippen LogP contribution in [0.15, 0.2) is 12.1 Å². The molecule has 0 aliphatic heterocycles. The van der Waals surface area contributed by atoms with Crippen LogP contribution in [0.3, 0.4) is 0 Å². The molecule has 0 bridgehead atoms. The Hall–Kier alpha value is -2.31. The minimum atomic E-state index is -0.752. The van der Waals surface area contributed by atoms with Crippen LogP contribution in [0, 0.1) is 10.1 Å². The molecule has 1 rings (SSSR count). The number of methoxy groups -OCH3 is 1. The Morgan fingerprint density at radius 3 is 2.50 bits per heavy atom. The lowest BCUT2D eigenvalue weighted by Gasteiger charge is -2.01. The van der Waals surface area contributed by atoms with E-state index in [9.17, 15) is 19.7 Å². The van der Waals surface area contributed by atoms with Crippen molar-refractivity contribution < 1.29 is 19.2 Å². The highest BCUT2D eigenvalue weighted by molar-refractivity contribution is 5.97. The van der Waals surface area contributed by atoms with E-state index in [1.54, 1.807) is 0 Å². The minimum absolute atomic E-state index is 0.140. The molecule has 0 amide bonds. The second kappa shape index (κ2) is 4.47. The van der Waals surface area contributed by atoms with Crippen molar-refractivity contribution >= 4 is 17.4 Å². The number of nitro groups is 1. The molecule has 16 heavy (non-hydrogen) atoms. The standard InChI is InChI=1S/C9H8N2O5/c1-5(12)8-7(11(14)15)4-3-6(10-8)9(13)16-2/h3-4H,1-2H3. The smallest absolute Gasteiger partial charge is 0.356 e. The van der Waals surface area contributed by atoms with E-state index in [1.165, 1.54) is 0 Å². The molecule has 7 nitrogen and oxygen atoms in total. The molecule has 84 valence electrons. The van der Waals surface area contributed by atoms with Gasteiger partial charge in [-0.3, -0.25) is 14.9 Å². The third kappa shape index (κ3) is 2.19. The van der Waals surface area contributed by atoms with Gasteiger partial charge in [-0.1, -0.05) is 0 Å². The van der Waals surface area contributed by atoms with E-state index in [4.69, 9.17) is 0 Å². The summed E-state index contributed by atoms with van der Waals surface area (Å²) in [5, 5.41) is 10.6. The molecule has 1 aromatic heterocycles. The van der Waals surface area contributed by atoms with Crippen molar-refractivity contribution in [2.24, 2.45) is 0 Å². The molecule has 0 unspecified atom stereocenters. The minimum Gasteiger partial charge on any atom is -0.464 e. The maximum Gasteiger partial charge on any atom is 0.356 e. The summed E-state index contributed by atoms with van der Waals surface area (Å²) in [5.41, 5.74) is -0.925. The summed E-state index contributed by atoms with van der Waals surface area (Å²) in [6.07, 6.45) is 0. The molecule has 0 saturated carbocycles. The number of carbonyl (C=O) groups is 2. The van der Waals surface area contributed by atoms with Crippen molar-refractivity contribution in [3.63, 3.8) is 0 Å². The quantitative estimate of drug-likeness (QED) is 0.328. The Labute approximate surface area is 90.2 Å². The van der Waals surface area contributed by atoms with E-state index in [-0.39, 0.29) is 11.4 Å². The van der Waals surface area contributed by atoms with Gasteiger partial charge in [0.1, 0.15) is 5.69 Å². The normalized spacial score (nSPS) is 9.62. The zero-order valence-electron chi connectivity index (χ0n) is 8.59. The van der Waals surface area contributed by atoms with Gasteiger partial charge in [-0.2, -0.15) is 0 Å². The van der Waals surface area contributed by atoms with Gasteiger partial charge in [-0.05, 0) is 6.07 Å². The van der Waals surface area contributed by atoms with Gasteiger partial charge in [0.15, 0.2) is 11.5 Å². The number of nitrogens with zero attached hydrogens (tertiary/aromatic N) is 2. The molecule has 0 fully saturated rings. The van der Waals surface area contributed by atoms with Gasteiger partial charge in [0, 0.05) is 13.0 Å². The van der Waals surface area contributed by atoms with Crippen LogP contribution in [0.25, 0.3) is 0 Å². The summed E-state index contributed by atoms with van der Waals surface area (Å²) in [5.74, 6) is -1.34. The van der Waals surface area contributed by atoms with Crippen LogP contribution in [0.1, 0.15) is 27.9 Å². The molecule has 0 atom stereocenters. The maximum atomic E-state index is 11.1. The van der Waals surface area contributed by atoms with E-state index in [2.05, 4.69) is 9.72 Å². The molecule has 0 aliphatic carbocycles. The predicted molar refractivity (Wildman–Crippen MR) is 52.2 cm³/mol. The van der Waals surface area contributed by atoms with Crippen molar-refractivity contribution in [1.82, 2.24) is 4.98 Å². The first kappa shape index (κ1) is 11.8. The molecule has 1 heterocycles. The predicted octanol–water partition coefficient (Wildman–Crippen LogP) is 0.979. The summed E-state index contributed by atoms with van der Waals surface area (Å²) >= 11 is 0. The lowest BCUT2D eigenvalue weighted by Crippen LogP contribution is -2.10. The van der Waals surface area contributed by atoms with Crippen molar-refractivity contribution in [2.45, 2.75) is 6.92 Å². The summed E-state index contributed by atoms with van der Waals surface area (Å²) in [6.45, 7) is 1.14. The lowest BCUT2D eigenvalue weighted by molar-refractivity contribution is -0.385. The first-order chi connectivity index (χ1) is 7.47. The Morgan fingerprint density at radius 1 is 1.44 bits per heavy atom. The van der Waals surface area contributed by atoms with E-state index >= 15 is 0 Å². The van der Waals surface area contributed by atoms with Crippen LogP contribution in [-0.4, -0.2) is 28.8 Å². The van der Waals surface area contributed by atoms with Gasteiger partial charge in [-0.25, -0.2) is 9.78 Å². The highest BCUT2D eigenvalue weighted by Crippen LogP contribution is 2.17. The first-order valence-corrected chi connectivity index (χ1v) is 4.22. The third-order valence-electron chi connectivity index (χ3n) is 1.80. The SMILES string of the molecule is COC(=O)c1ccc([N+](=O)[O-])c(C(C)=O)n1. The second-order valence-electron chi connectivity index (χ2n) is 2.87. The number of aromatic nitrogens is 1. The third-order valence-corrected chi connectivity index (χ3v) is 1.80. The highest BCUT2D eigenvalue weighted by atomic mass is 16.6. The lowest BCUT2D eigenvalue weighted by atomic mass is 10.2. The molecular formula is C9H8N2O5. The van der Waals surface area contributed by atoms with Crippen molar-refractivity contribution in [3.05, 3.63) is 33.6 Å². The van der Waals surface area contributed by atoms with Gasteiger partial charge in [-0.15, -0.1) is 0 Å². The van der Waals surface area contributed by atoms with Gasteiger partial charge in [0.05, 0.1) is 12.0 Å². The highest BCUT2D eigenvalue weighted by Gasteiger charge is 2.21. The average molecular weight is 224 g/mol. The van der Waals surface area contributed by atoms with Crippen LogP contribution in [0.5, 0.6) is 0 Å². The zero-order valence-corrected chi connectivity index (χ0v) is 8.59. The van der Waals surface area contributed by atoms with E-state index in [0.717, 1.165) is 26.2 Å². The summed E-state index contributed by atoms with van der Waals surface area (Å²) in [6, 6.07) is 2.19. The van der Waals surface area contributed by atoms with Gasteiger partial charge in [0.2, 0.25) is 0 Å². The number of ether oxygens (including phenoxy) is 1.